The van der Waals surface area contributed by atoms with Gasteiger partial charge in [0.25, 0.3) is 0 Å². The van der Waals surface area contributed by atoms with Crippen molar-refractivity contribution >= 4 is 6.03 Å². The van der Waals surface area contributed by atoms with Crippen LogP contribution >= 0.6 is 0 Å². The van der Waals surface area contributed by atoms with E-state index in [-0.39, 0.29) is 17.8 Å². The molecule has 0 aromatic heterocycles. The predicted molar refractivity (Wildman–Crippen MR) is 60.0 cm³/mol. The third kappa shape index (κ3) is 2.39. The zero-order chi connectivity index (χ0) is 12.4. The molecule has 1 fully saturated rings. The topological polar surface area (TPSA) is 66.6 Å². The van der Waals surface area contributed by atoms with Gasteiger partial charge < -0.3 is 5.73 Å². The summed E-state index contributed by atoms with van der Waals surface area (Å²) in [5.74, 6) is -0.197. The van der Waals surface area contributed by atoms with E-state index >= 15 is 0 Å². The van der Waals surface area contributed by atoms with E-state index in [1.165, 1.54) is 6.07 Å². The van der Waals surface area contributed by atoms with Crippen LogP contribution < -0.4 is 5.73 Å². The van der Waals surface area contributed by atoms with Crippen molar-refractivity contribution in [2.75, 3.05) is 0 Å². The summed E-state index contributed by atoms with van der Waals surface area (Å²) in [5.41, 5.74) is 5.64. The molecule has 2 rings (SSSR count). The van der Waals surface area contributed by atoms with Gasteiger partial charge in [0, 0.05) is 0 Å². The molecule has 0 heterocycles. The smallest absolute Gasteiger partial charge is 0.338 e. The molecule has 0 spiro atoms. The van der Waals surface area contributed by atoms with E-state index in [2.05, 4.69) is 0 Å². The van der Waals surface area contributed by atoms with Gasteiger partial charge >= 0.3 is 6.03 Å². The molecule has 2 atom stereocenters. The van der Waals surface area contributed by atoms with Crippen LogP contribution in [0.2, 0.25) is 0 Å². The van der Waals surface area contributed by atoms with Crippen LogP contribution in [0.5, 0.6) is 0 Å². The minimum atomic E-state index is -0.857. The van der Waals surface area contributed by atoms with Crippen molar-refractivity contribution in [3.8, 4) is 0 Å². The van der Waals surface area contributed by atoms with Crippen LogP contribution in [0, 0.1) is 5.82 Å². The van der Waals surface area contributed by atoms with Crippen LogP contribution in [-0.4, -0.2) is 22.3 Å². The standard InChI is InChI=1S/C12H15FN2O2/c13-11-4-2-1-3-10(11)8-5-6-9(7-8)15(17)12(14)16/h1-4,8-9,17H,5-7H2,(H2,14,16). The Morgan fingerprint density at radius 1 is 1.41 bits per heavy atom. The summed E-state index contributed by atoms with van der Waals surface area (Å²) in [6.45, 7) is 0. The van der Waals surface area contributed by atoms with Gasteiger partial charge in [-0.2, -0.15) is 0 Å². The van der Waals surface area contributed by atoms with E-state index in [1.807, 2.05) is 0 Å². The van der Waals surface area contributed by atoms with Crippen molar-refractivity contribution in [2.45, 2.75) is 31.2 Å². The third-order valence-corrected chi connectivity index (χ3v) is 3.32. The maximum Gasteiger partial charge on any atom is 0.338 e. The molecule has 4 nitrogen and oxygen atoms in total. The first kappa shape index (κ1) is 11.9. The molecule has 17 heavy (non-hydrogen) atoms. The molecule has 2 amide bonds. The Labute approximate surface area is 98.8 Å². The molecule has 0 bridgehead atoms. The Morgan fingerprint density at radius 3 is 2.76 bits per heavy atom. The van der Waals surface area contributed by atoms with E-state index in [9.17, 15) is 14.4 Å². The Morgan fingerprint density at radius 2 is 2.12 bits per heavy atom. The third-order valence-electron chi connectivity index (χ3n) is 3.32. The first-order valence-corrected chi connectivity index (χ1v) is 5.61. The molecule has 1 aliphatic rings. The quantitative estimate of drug-likeness (QED) is 0.613. The summed E-state index contributed by atoms with van der Waals surface area (Å²) in [7, 11) is 0. The second-order valence-electron chi connectivity index (χ2n) is 4.37. The fourth-order valence-electron chi connectivity index (χ4n) is 2.45. The summed E-state index contributed by atoms with van der Waals surface area (Å²) in [4.78, 5) is 10.8. The number of rotatable bonds is 2. The summed E-state index contributed by atoms with van der Waals surface area (Å²) in [6.07, 6.45) is 1.93. The molecule has 0 radical (unpaired) electrons. The lowest BCUT2D eigenvalue weighted by Crippen LogP contribution is -2.39. The van der Waals surface area contributed by atoms with Gasteiger partial charge in [-0.1, -0.05) is 18.2 Å². The molecule has 1 aromatic carbocycles. The number of hydrogen-bond donors (Lipinski definition) is 2. The second kappa shape index (κ2) is 4.71. The maximum absolute atomic E-state index is 13.6. The number of hydrogen-bond acceptors (Lipinski definition) is 2. The largest absolute Gasteiger partial charge is 0.350 e. The van der Waals surface area contributed by atoms with Crippen molar-refractivity contribution < 1.29 is 14.4 Å². The van der Waals surface area contributed by atoms with Crippen LogP contribution in [0.15, 0.2) is 24.3 Å². The highest BCUT2D eigenvalue weighted by Crippen LogP contribution is 2.37. The average Bonchev–Trinajstić information content (AvgIpc) is 2.77. The Bertz CT molecular complexity index is 425. The molecule has 1 aromatic rings. The fourth-order valence-corrected chi connectivity index (χ4v) is 2.45. The molecular formula is C12H15FN2O2. The van der Waals surface area contributed by atoms with Gasteiger partial charge in [-0.3, -0.25) is 5.21 Å². The SMILES string of the molecule is NC(=O)N(O)C1CCC(c2ccccc2F)C1. The molecule has 0 aliphatic heterocycles. The lowest BCUT2D eigenvalue weighted by atomic mass is 9.97. The lowest BCUT2D eigenvalue weighted by Gasteiger charge is -2.20. The average molecular weight is 238 g/mol. The first-order chi connectivity index (χ1) is 8.09. The van der Waals surface area contributed by atoms with Crippen LogP contribution in [-0.2, 0) is 0 Å². The molecule has 5 heteroatoms. The highest BCUT2D eigenvalue weighted by atomic mass is 19.1. The lowest BCUT2D eigenvalue weighted by molar-refractivity contribution is -0.0730. The summed E-state index contributed by atoms with van der Waals surface area (Å²) in [5, 5.41) is 9.98. The van der Waals surface area contributed by atoms with Crippen LogP contribution in [0.25, 0.3) is 0 Å². The summed E-state index contributed by atoms with van der Waals surface area (Å²) >= 11 is 0. The minimum absolute atomic E-state index is 0.0372. The molecule has 1 saturated carbocycles. The van der Waals surface area contributed by atoms with Gasteiger partial charge in [0.15, 0.2) is 0 Å². The van der Waals surface area contributed by atoms with Crippen LogP contribution in [0.3, 0.4) is 0 Å². The van der Waals surface area contributed by atoms with Crippen molar-refractivity contribution in [3.05, 3.63) is 35.6 Å². The number of carbonyl (C=O) groups is 1. The monoisotopic (exact) mass is 238 g/mol. The number of urea groups is 1. The van der Waals surface area contributed by atoms with Crippen molar-refractivity contribution in [3.63, 3.8) is 0 Å². The Kier molecular flexibility index (Phi) is 3.28. The normalized spacial score (nSPS) is 23.6. The zero-order valence-electron chi connectivity index (χ0n) is 9.34. The van der Waals surface area contributed by atoms with Gasteiger partial charge in [-0.25, -0.2) is 14.2 Å². The molecule has 92 valence electrons. The van der Waals surface area contributed by atoms with Gasteiger partial charge in [-0.05, 0) is 36.8 Å². The molecule has 3 N–H and O–H groups in total. The van der Waals surface area contributed by atoms with Gasteiger partial charge in [0.1, 0.15) is 5.82 Å². The summed E-state index contributed by atoms with van der Waals surface area (Å²) < 4.78 is 13.6. The number of benzene rings is 1. The second-order valence-corrected chi connectivity index (χ2v) is 4.37. The van der Waals surface area contributed by atoms with E-state index in [0.717, 1.165) is 6.42 Å². The van der Waals surface area contributed by atoms with Crippen molar-refractivity contribution in [2.24, 2.45) is 5.73 Å². The summed E-state index contributed by atoms with van der Waals surface area (Å²) in [6, 6.07) is 5.44. The minimum Gasteiger partial charge on any atom is -0.350 e. The molecule has 1 aliphatic carbocycles. The molecule has 0 saturated heterocycles. The molecular weight excluding hydrogens is 223 g/mol. The van der Waals surface area contributed by atoms with Crippen molar-refractivity contribution in [1.82, 2.24) is 5.06 Å². The van der Waals surface area contributed by atoms with E-state index in [4.69, 9.17) is 5.73 Å². The van der Waals surface area contributed by atoms with Crippen LogP contribution in [0.4, 0.5) is 9.18 Å². The van der Waals surface area contributed by atoms with Crippen LogP contribution in [0.1, 0.15) is 30.7 Å². The van der Waals surface area contributed by atoms with E-state index < -0.39 is 6.03 Å². The molecule has 2 unspecified atom stereocenters. The highest BCUT2D eigenvalue weighted by molar-refractivity contribution is 5.70. The fraction of sp³-hybridized carbons (Fsp3) is 0.417. The predicted octanol–water partition coefficient (Wildman–Crippen LogP) is 2.23. The van der Waals surface area contributed by atoms with Gasteiger partial charge in [0.05, 0.1) is 6.04 Å². The number of amides is 2. The number of nitrogens with zero attached hydrogens (tertiary/aromatic N) is 1. The number of halogens is 1. The first-order valence-electron chi connectivity index (χ1n) is 5.61. The number of hydroxylamine groups is 2. The Balaban J connectivity index is 2.08. The van der Waals surface area contributed by atoms with Gasteiger partial charge in [-0.15, -0.1) is 0 Å². The number of primary amides is 1. The Hall–Kier alpha value is -1.62. The van der Waals surface area contributed by atoms with Gasteiger partial charge in [0.2, 0.25) is 0 Å². The van der Waals surface area contributed by atoms with E-state index in [1.54, 1.807) is 18.2 Å². The zero-order valence-corrected chi connectivity index (χ0v) is 9.34. The number of carbonyl (C=O) groups excluding carboxylic acids is 1. The highest BCUT2D eigenvalue weighted by Gasteiger charge is 2.32. The van der Waals surface area contributed by atoms with Crippen molar-refractivity contribution in [1.29, 1.82) is 0 Å². The van der Waals surface area contributed by atoms with E-state index in [0.29, 0.717) is 23.5 Å². The maximum atomic E-state index is 13.6. The number of nitrogens with two attached hydrogens (primary N) is 1.